The normalized spacial score (nSPS) is 18.3. The number of carbonyl (C=O) groups is 2. The molecule has 1 saturated heterocycles. The van der Waals surface area contributed by atoms with Crippen molar-refractivity contribution in [2.45, 2.75) is 44.6 Å². The van der Waals surface area contributed by atoms with Crippen LogP contribution in [0.4, 0.5) is 24.7 Å². The first-order valence-electron chi connectivity index (χ1n) is 13.1. The summed E-state index contributed by atoms with van der Waals surface area (Å²) in [5.74, 6) is -1.38. The molecule has 2 N–H and O–H groups in total. The lowest BCUT2D eigenvalue weighted by atomic mass is 9.91. The zero-order valence-electron chi connectivity index (χ0n) is 22.7. The van der Waals surface area contributed by atoms with Crippen LogP contribution in [0, 0.1) is 6.92 Å². The number of aromatic nitrogens is 1. The Morgan fingerprint density at radius 1 is 1.10 bits per heavy atom. The van der Waals surface area contributed by atoms with Crippen molar-refractivity contribution in [3.05, 3.63) is 87.5 Å². The lowest BCUT2D eigenvalue weighted by Gasteiger charge is -2.48. The molecule has 1 fully saturated rings. The zero-order valence-corrected chi connectivity index (χ0v) is 24.2. The Balaban J connectivity index is 1.35. The highest BCUT2D eigenvalue weighted by atomic mass is 35.5. The van der Waals surface area contributed by atoms with E-state index in [1.165, 1.54) is 24.4 Å². The number of hydrazone groups is 1. The quantitative estimate of drug-likeness (QED) is 0.347. The molecule has 42 heavy (non-hydrogen) atoms. The van der Waals surface area contributed by atoms with Gasteiger partial charge in [0, 0.05) is 37.3 Å². The van der Waals surface area contributed by atoms with Crippen molar-refractivity contribution in [1.29, 1.82) is 0 Å². The topological polar surface area (TPSA) is 89.9 Å². The molecule has 2 aliphatic rings. The van der Waals surface area contributed by atoms with E-state index >= 15 is 0 Å². The first-order chi connectivity index (χ1) is 19.8. The van der Waals surface area contributed by atoms with Gasteiger partial charge in [-0.3, -0.25) is 14.5 Å². The number of halogens is 5. The minimum atomic E-state index is -4.76. The summed E-state index contributed by atoms with van der Waals surface area (Å²) in [6.07, 6.45) is -4.15. The van der Waals surface area contributed by atoms with Gasteiger partial charge in [0.1, 0.15) is 11.8 Å². The number of pyridine rings is 1. The van der Waals surface area contributed by atoms with E-state index in [4.69, 9.17) is 23.2 Å². The van der Waals surface area contributed by atoms with Crippen molar-refractivity contribution in [1.82, 2.24) is 15.2 Å². The van der Waals surface area contributed by atoms with Crippen molar-refractivity contribution in [3.63, 3.8) is 0 Å². The van der Waals surface area contributed by atoms with Gasteiger partial charge in [-0.25, -0.2) is 9.99 Å². The van der Waals surface area contributed by atoms with Crippen LogP contribution in [0.2, 0.25) is 10.0 Å². The fourth-order valence-electron chi connectivity index (χ4n) is 5.24. The fraction of sp³-hybridized carbons (Fsp3) is 0.310. The second-order valence-corrected chi connectivity index (χ2v) is 11.5. The number of benzene rings is 2. The summed E-state index contributed by atoms with van der Waals surface area (Å²) < 4.78 is 40.9. The van der Waals surface area contributed by atoms with Crippen LogP contribution in [0.3, 0.4) is 0 Å². The molecule has 1 atom stereocenters. The number of carbonyl (C=O) groups excluding carboxylic acids is 2. The van der Waals surface area contributed by atoms with Crippen LogP contribution in [0.5, 0.6) is 0 Å². The van der Waals surface area contributed by atoms with Crippen molar-refractivity contribution >= 4 is 52.2 Å². The largest absolute Gasteiger partial charge is 0.431 e. The maximum atomic E-state index is 13.6. The van der Waals surface area contributed by atoms with E-state index in [1.807, 2.05) is 37.3 Å². The van der Waals surface area contributed by atoms with Gasteiger partial charge in [0.2, 0.25) is 5.91 Å². The van der Waals surface area contributed by atoms with E-state index in [0.29, 0.717) is 18.7 Å². The molecule has 0 aliphatic carbocycles. The first-order valence-corrected chi connectivity index (χ1v) is 13.8. The summed E-state index contributed by atoms with van der Waals surface area (Å²) in [7, 11) is 0. The average Bonchev–Trinajstić information content (AvgIpc) is 3.36. The van der Waals surface area contributed by atoms with Crippen molar-refractivity contribution in [3.8, 4) is 0 Å². The SMILES string of the molecule is Cc1cc(Cl)cc(C(=O)NC2(C)CN(Cc3ccccc3)C2)c1NC(=O)C1CC(C(F)(F)F)=NN1c1ncccc1Cl. The number of hydrogen-bond donors (Lipinski definition) is 2. The van der Waals surface area contributed by atoms with E-state index in [2.05, 4.69) is 25.6 Å². The second kappa shape index (κ2) is 11.5. The molecule has 220 valence electrons. The lowest BCUT2D eigenvalue weighted by molar-refractivity contribution is -0.117. The van der Waals surface area contributed by atoms with Gasteiger partial charge in [0.25, 0.3) is 5.91 Å². The molecule has 2 aliphatic heterocycles. The standard InChI is InChI=1S/C29H27Cl2F3N6O2/c1-17-11-19(30)12-20(26(41)37-28(2)15-39(16-28)14-18-7-4-3-5-8-18)24(17)36-27(42)22-13-23(29(32,33)34)38-40(22)25-21(31)9-6-10-35-25/h3-12,22H,13-16H2,1-2H3,(H,36,42)(H,37,41). The first kappa shape index (κ1) is 29.8. The monoisotopic (exact) mass is 618 g/mol. The van der Waals surface area contributed by atoms with Gasteiger partial charge in [-0.05, 0) is 49.2 Å². The van der Waals surface area contributed by atoms with E-state index in [-0.39, 0.29) is 27.1 Å². The molecule has 8 nitrogen and oxygen atoms in total. The van der Waals surface area contributed by atoms with Gasteiger partial charge in [0.15, 0.2) is 5.82 Å². The van der Waals surface area contributed by atoms with Gasteiger partial charge in [-0.2, -0.15) is 18.3 Å². The molecule has 0 spiro atoms. The van der Waals surface area contributed by atoms with Crippen molar-refractivity contribution < 1.29 is 22.8 Å². The lowest BCUT2D eigenvalue weighted by Crippen LogP contribution is -2.68. The molecule has 13 heteroatoms. The number of alkyl halides is 3. The third-order valence-corrected chi connectivity index (χ3v) is 7.61. The zero-order chi connectivity index (χ0) is 30.2. The second-order valence-electron chi connectivity index (χ2n) is 10.7. The number of likely N-dealkylation sites (tertiary alicyclic amines) is 1. The average molecular weight is 619 g/mol. The van der Waals surface area contributed by atoms with Gasteiger partial charge in [-0.15, -0.1) is 0 Å². The van der Waals surface area contributed by atoms with Crippen LogP contribution in [-0.4, -0.2) is 58.3 Å². The number of rotatable bonds is 7. The van der Waals surface area contributed by atoms with Gasteiger partial charge < -0.3 is 10.6 Å². The smallest absolute Gasteiger partial charge is 0.344 e. The highest BCUT2D eigenvalue weighted by Gasteiger charge is 2.46. The Labute approximate surface area is 250 Å². The summed E-state index contributed by atoms with van der Waals surface area (Å²) in [4.78, 5) is 33.3. The van der Waals surface area contributed by atoms with Gasteiger partial charge in [0.05, 0.1) is 21.8 Å². The number of aryl methyl sites for hydroxylation is 1. The molecule has 3 heterocycles. The van der Waals surface area contributed by atoms with Crippen LogP contribution in [0.1, 0.15) is 34.8 Å². The Hall–Kier alpha value is -3.67. The minimum Gasteiger partial charge on any atom is -0.344 e. The van der Waals surface area contributed by atoms with E-state index in [0.717, 1.165) is 17.1 Å². The molecule has 2 aromatic carbocycles. The maximum Gasteiger partial charge on any atom is 0.431 e. The Kier molecular flexibility index (Phi) is 8.19. The van der Waals surface area contributed by atoms with Crippen molar-refractivity contribution in [2.75, 3.05) is 23.4 Å². The maximum absolute atomic E-state index is 13.6. The number of nitrogens with one attached hydrogen (secondary N) is 2. The van der Waals surface area contributed by atoms with E-state index in [9.17, 15) is 22.8 Å². The molecule has 0 radical (unpaired) electrons. The molecule has 0 bridgehead atoms. The summed E-state index contributed by atoms with van der Waals surface area (Å²) in [6.45, 7) is 5.52. The Morgan fingerprint density at radius 3 is 2.48 bits per heavy atom. The Bertz CT molecular complexity index is 1540. The fourth-order valence-corrected chi connectivity index (χ4v) is 5.72. The van der Waals surface area contributed by atoms with Crippen LogP contribution < -0.4 is 15.6 Å². The van der Waals surface area contributed by atoms with Crippen molar-refractivity contribution in [2.24, 2.45) is 5.10 Å². The minimum absolute atomic E-state index is 0.0280. The number of hydrogen-bond acceptors (Lipinski definition) is 6. The summed E-state index contributed by atoms with van der Waals surface area (Å²) in [6, 6.07) is 14.5. The molecule has 1 aromatic heterocycles. The number of anilines is 2. The molecule has 3 aromatic rings. The predicted octanol–water partition coefficient (Wildman–Crippen LogP) is 5.84. The third kappa shape index (κ3) is 6.38. The van der Waals surface area contributed by atoms with Crippen LogP contribution in [0.15, 0.2) is 65.9 Å². The van der Waals surface area contributed by atoms with Gasteiger partial charge >= 0.3 is 6.18 Å². The van der Waals surface area contributed by atoms with E-state index < -0.39 is 41.7 Å². The summed E-state index contributed by atoms with van der Waals surface area (Å²) >= 11 is 12.5. The van der Waals surface area contributed by atoms with Crippen LogP contribution in [0.25, 0.3) is 0 Å². The van der Waals surface area contributed by atoms with Gasteiger partial charge in [-0.1, -0.05) is 53.5 Å². The van der Waals surface area contributed by atoms with E-state index in [1.54, 1.807) is 13.0 Å². The molecule has 1 unspecified atom stereocenters. The molecular formula is C29H27Cl2F3N6O2. The van der Waals surface area contributed by atoms with Crippen LogP contribution >= 0.6 is 23.2 Å². The summed E-state index contributed by atoms with van der Waals surface area (Å²) in [5.41, 5.74) is 0.173. The number of nitrogens with zero attached hydrogens (tertiary/aromatic N) is 4. The third-order valence-electron chi connectivity index (χ3n) is 7.10. The molecule has 5 rings (SSSR count). The highest BCUT2D eigenvalue weighted by molar-refractivity contribution is 6.33. The summed E-state index contributed by atoms with van der Waals surface area (Å²) in [5, 5.41) is 10.5. The molecule has 2 amide bonds. The highest BCUT2D eigenvalue weighted by Crippen LogP contribution is 2.35. The van der Waals surface area contributed by atoms with Crippen LogP contribution in [-0.2, 0) is 11.3 Å². The molecule has 0 saturated carbocycles. The predicted molar refractivity (Wildman–Crippen MR) is 156 cm³/mol. The molecular weight excluding hydrogens is 592 g/mol. The number of amides is 2. The Morgan fingerprint density at radius 2 is 1.81 bits per heavy atom.